The van der Waals surface area contributed by atoms with Gasteiger partial charge in [-0.3, -0.25) is 4.79 Å². The lowest BCUT2D eigenvalue weighted by Crippen LogP contribution is -2.26. The summed E-state index contributed by atoms with van der Waals surface area (Å²) in [5, 5.41) is 3.13. The van der Waals surface area contributed by atoms with Crippen LogP contribution in [0.5, 0.6) is 0 Å². The maximum Gasteiger partial charge on any atom is 0.358 e. The van der Waals surface area contributed by atoms with E-state index in [1.165, 1.54) is 12.3 Å². The van der Waals surface area contributed by atoms with Crippen LogP contribution in [-0.2, 0) is 9.53 Å². The van der Waals surface area contributed by atoms with Gasteiger partial charge in [0.05, 0.1) is 0 Å². The van der Waals surface area contributed by atoms with E-state index in [0.717, 1.165) is 5.56 Å². The second kappa shape index (κ2) is 8.47. The zero-order chi connectivity index (χ0) is 19.2. The Morgan fingerprint density at radius 3 is 2.41 bits per heavy atom. The first kappa shape index (κ1) is 18.6. The lowest BCUT2D eigenvalue weighted by atomic mass is 10.1. The van der Waals surface area contributed by atoms with E-state index in [1.807, 2.05) is 25.1 Å². The molecule has 0 saturated carbocycles. The van der Waals surface area contributed by atoms with Gasteiger partial charge in [-0.25, -0.2) is 9.78 Å². The van der Waals surface area contributed by atoms with Crippen LogP contribution in [0.3, 0.4) is 0 Å². The fraction of sp³-hybridized carbons (Fsp3) is 0.0952. The van der Waals surface area contributed by atoms with Crippen LogP contribution in [-0.4, -0.2) is 16.9 Å². The average molecular weight is 381 g/mol. The summed E-state index contributed by atoms with van der Waals surface area (Å²) in [6.45, 7) is 1.96. The predicted molar refractivity (Wildman–Crippen MR) is 104 cm³/mol. The predicted octanol–water partition coefficient (Wildman–Crippen LogP) is 4.58. The number of ether oxygens (including phenoxy) is 1. The zero-order valence-electron chi connectivity index (χ0n) is 14.6. The largest absolute Gasteiger partial charge is 0.443 e. The number of halogens is 1. The number of carbonyl (C=O) groups is 2. The number of esters is 1. The number of hydrogen-bond donors (Lipinski definition) is 1. The van der Waals surface area contributed by atoms with E-state index in [4.69, 9.17) is 16.3 Å². The van der Waals surface area contributed by atoms with Crippen molar-refractivity contribution in [3.05, 3.63) is 94.8 Å². The van der Waals surface area contributed by atoms with E-state index in [9.17, 15) is 9.59 Å². The Hall–Kier alpha value is -3.18. The molecular weight excluding hydrogens is 364 g/mol. The molecule has 0 spiro atoms. The first-order valence-corrected chi connectivity index (χ1v) is 8.66. The molecule has 1 aromatic heterocycles. The number of nitrogens with zero attached hydrogens (tertiary/aromatic N) is 1. The summed E-state index contributed by atoms with van der Waals surface area (Å²) < 4.78 is 5.46. The Kier molecular flexibility index (Phi) is 5.84. The summed E-state index contributed by atoms with van der Waals surface area (Å²) in [5.74, 6) is -1.19. The molecule has 1 atom stereocenters. The topological polar surface area (TPSA) is 68.3 Å². The van der Waals surface area contributed by atoms with Gasteiger partial charge in [0, 0.05) is 22.5 Å². The molecule has 0 unspecified atom stereocenters. The van der Waals surface area contributed by atoms with E-state index in [1.54, 1.807) is 42.5 Å². The molecule has 0 aliphatic rings. The maximum atomic E-state index is 12.8. The van der Waals surface area contributed by atoms with Gasteiger partial charge < -0.3 is 10.1 Å². The van der Waals surface area contributed by atoms with Crippen molar-refractivity contribution in [3.63, 3.8) is 0 Å². The van der Waals surface area contributed by atoms with Crippen molar-refractivity contribution in [1.29, 1.82) is 0 Å². The highest BCUT2D eigenvalue weighted by Crippen LogP contribution is 2.22. The number of pyridine rings is 1. The van der Waals surface area contributed by atoms with Gasteiger partial charge in [0.2, 0.25) is 6.10 Å². The number of rotatable bonds is 5. The molecule has 6 heteroatoms. The number of carbonyl (C=O) groups excluding carboxylic acids is 2. The number of benzene rings is 2. The summed E-state index contributed by atoms with van der Waals surface area (Å²) in [5.41, 5.74) is 2.28. The van der Waals surface area contributed by atoms with E-state index in [0.29, 0.717) is 16.3 Å². The minimum Gasteiger partial charge on any atom is -0.443 e. The molecule has 27 heavy (non-hydrogen) atoms. The summed E-state index contributed by atoms with van der Waals surface area (Å²) in [4.78, 5) is 29.2. The van der Waals surface area contributed by atoms with Crippen molar-refractivity contribution >= 4 is 29.2 Å². The van der Waals surface area contributed by atoms with Gasteiger partial charge in [-0.15, -0.1) is 0 Å². The number of amides is 1. The molecule has 1 heterocycles. The van der Waals surface area contributed by atoms with Crippen molar-refractivity contribution < 1.29 is 14.3 Å². The average Bonchev–Trinajstić information content (AvgIpc) is 2.68. The molecule has 0 radical (unpaired) electrons. The Bertz CT molecular complexity index is 943. The highest BCUT2D eigenvalue weighted by molar-refractivity contribution is 6.30. The molecule has 3 aromatic rings. The monoisotopic (exact) mass is 380 g/mol. The smallest absolute Gasteiger partial charge is 0.358 e. The lowest BCUT2D eigenvalue weighted by Gasteiger charge is -2.18. The highest BCUT2D eigenvalue weighted by atomic mass is 35.5. The lowest BCUT2D eigenvalue weighted by molar-refractivity contribution is -0.125. The molecule has 0 aliphatic carbocycles. The fourth-order valence-electron chi connectivity index (χ4n) is 2.43. The van der Waals surface area contributed by atoms with Gasteiger partial charge in [0.1, 0.15) is 5.69 Å². The van der Waals surface area contributed by atoms with Gasteiger partial charge in [0.25, 0.3) is 5.91 Å². The molecule has 0 saturated heterocycles. The van der Waals surface area contributed by atoms with Crippen LogP contribution in [0.1, 0.15) is 27.7 Å². The molecule has 0 fully saturated rings. The van der Waals surface area contributed by atoms with Crippen molar-refractivity contribution in [2.75, 3.05) is 5.32 Å². The Morgan fingerprint density at radius 2 is 1.74 bits per heavy atom. The van der Waals surface area contributed by atoms with Crippen molar-refractivity contribution in [3.8, 4) is 0 Å². The first-order valence-electron chi connectivity index (χ1n) is 8.28. The van der Waals surface area contributed by atoms with Gasteiger partial charge >= 0.3 is 5.97 Å². The maximum absolute atomic E-state index is 12.8. The molecule has 1 amide bonds. The number of aryl methyl sites for hydroxylation is 1. The summed E-state index contributed by atoms with van der Waals surface area (Å²) >= 11 is 5.90. The number of nitrogens with one attached hydrogen (secondary N) is 1. The molecule has 0 bridgehead atoms. The quantitative estimate of drug-likeness (QED) is 0.658. The SMILES string of the molecule is Cc1ccc(NC(=O)[C@@H](OC(=O)c2cc(Cl)ccn2)c2ccccc2)cc1. The third-order valence-corrected chi connectivity index (χ3v) is 4.05. The van der Waals surface area contributed by atoms with Crippen molar-refractivity contribution in [1.82, 2.24) is 4.98 Å². The van der Waals surface area contributed by atoms with Crippen LogP contribution in [0.25, 0.3) is 0 Å². The van der Waals surface area contributed by atoms with Gasteiger partial charge in [-0.2, -0.15) is 0 Å². The van der Waals surface area contributed by atoms with E-state index < -0.39 is 18.0 Å². The van der Waals surface area contributed by atoms with Crippen LogP contribution in [0.2, 0.25) is 5.02 Å². The van der Waals surface area contributed by atoms with Crippen LogP contribution in [0.4, 0.5) is 5.69 Å². The second-order valence-electron chi connectivity index (χ2n) is 5.91. The minimum absolute atomic E-state index is 0.0339. The molecular formula is C21H17ClN2O3. The third-order valence-electron chi connectivity index (χ3n) is 3.82. The first-order chi connectivity index (χ1) is 13.0. The molecule has 3 rings (SSSR count). The van der Waals surface area contributed by atoms with E-state index in [-0.39, 0.29) is 5.69 Å². The Balaban J connectivity index is 1.83. The molecule has 5 nitrogen and oxygen atoms in total. The van der Waals surface area contributed by atoms with Crippen molar-refractivity contribution in [2.45, 2.75) is 13.0 Å². The number of hydrogen-bond acceptors (Lipinski definition) is 4. The molecule has 136 valence electrons. The van der Waals surface area contributed by atoms with Crippen LogP contribution in [0.15, 0.2) is 72.9 Å². The fourth-order valence-corrected chi connectivity index (χ4v) is 2.59. The van der Waals surface area contributed by atoms with Crippen LogP contribution < -0.4 is 5.32 Å². The summed E-state index contributed by atoms with van der Waals surface area (Å²) in [7, 11) is 0. The highest BCUT2D eigenvalue weighted by Gasteiger charge is 2.26. The van der Waals surface area contributed by atoms with Crippen molar-refractivity contribution in [2.24, 2.45) is 0 Å². The van der Waals surface area contributed by atoms with Gasteiger partial charge in [-0.1, -0.05) is 59.6 Å². The summed E-state index contributed by atoms with van der Waals surface area (Å²) in [6, 6.07) is 19.1. The second-order valence-corrected chi connectivity index (χ2v) is 6.35. The number of aromatic nitrogens is 1. The van der Waals surface area contributed by atoms with Crippen LogP contribution in [0, 0.1) is 6.92 Å². The Morgan fingerprint density at radius 1 is 1.04 bits per heavy atom. The standard InChI is InChI=1S/C21H17ClN2O3/c1-14-7-9-17(10-8-14)24-20(25)19(15-5-3-2-4-6-15)27-21(26)18-13-16(22)11-12-23-18/h2-13,19H,1H3,(H,24,25)/t19-/m0/s1. The molecule has 2 aromatic carbocycles. The van der Waals surface area contributed by atoms with Gasteiger partial charge in [0.15, 0.2) is 0 Å². The molecule has 0 aliphatic heterocycles. The van der Waals surface area contributed by atoms with Crippen LogP contribution >= 0.6 is 11.6 Å². The van der Waals surface area contributed by atoms with E-state index >= 15 is 0 Å². The Labute approximate surface area is 162 Å². The molecule has 1 N–H and O–H groups in total. The number of anilines is 1. The third kappa shape index (κ3) is 4.92. The zero-order valence-corrected chi connectivity index (χ0v) is 15.3. The normalized spacial score (nSPS) is 11.5. The van der Waals surface area contributed by atoms with E-state index in [2.05, 4.69) is 10.3 Å². The summed E-state index contributed by atoms with van der Waals surface area (Å²) in [6.07, 6.45) is 0.281. The minimum atomic E-state index is -1.12. The van der Waals surface area contributed by atoms with Gasteiger partial charge in [-0.05, 0) is 31.2 Å².